The molecular weight excluding hydrogens is 234 g/mol. The average molecular weight is 249 g/mol. The maximum atomic E-state index is 11.8. The van der Waals surface area contributed by atoms with E-state index < -0.39 is 0 Å². The van der Waals surface area contributed by atoms with Crippen LogP contribution in [0.25, 0.3) is 0 Å². The molecule has 1 amide bonds. The van der Waals surface area contributed by atoms with Crippen molar-refractivity contribution in [3.8, 4) is 0 Å². The fraction of sp³-hybridized carbons (Fsp3) is 0.538. The lowest BCUT2D eigenvalue weighted by molar-refractivity contribution is -0.146. The van der Waals surface area contributed by atoms with Gasteiger partial charge < -0.3 is 14.5 Å². The third kappa shape index (κ3) is 2.25. The summed E-state index contributed by atoms with van der Waals surface area (Å²) < 4.78 is 10.5. The standard InChI is InChI=1S/C13H15NO4/c15-12-4-8(6-14-12)7-18-13(16)10-5-9(10)11-2-1-3-17-11/h1-3,8-10H,4-7H2,(H,14,15). The molecule has 1 aromatic heterocycles. The summed E-state index contributed by atoms with van der Waals surface area (Å²) in [7, 11) is 0. The van der Waals surface area contributed by atoms with Crippen LogP contribution in [0.1, 0.15) is 24.5 Å². The van der Waals surface area contributed by atoms with E-state index in [1.807, 2.05) is 12.1 Å². The van der Waals surface area contributed by atoms with E-state index in [0.717, 1.165) is 12.2 Å². The molecule has 1 N–H and O–H groups in total. The van der Waals surface area contributed by atoms with Crippen LogP contribution in [0.4, 0.5) is 0 Å². The Balaban J connectivity index is 1.45. The predicted octanol–water partition coefficient (Wildman–Crippen LogP) is 1.06. The van der Waals surface area contributed by atoms with Gasteiger partial charge >= 0.3 is 5.97 Å². The topological polar surface area (TPSA) is 68.5 Å². The number of ether oxygens (including phenoxy) is 1. The third-order valence-corrected chi connectivity index (χ3v) is 3.53. The molecule has 0 radical (unpaired) electrons. The van der Waals surface area contributed by atoms with Crippen molar-refractivity contribution in [1.29, 1.82) is 0 Å². The van der Waals surface area contributed by atoms with Crippen molar-refractivity contribution >= 4 is 11.9 Å². The monoisotopic (exact) mass is 249 g/mol. The Bertz CT molecular complexity index is 454. The predicted molar refractivity (Wildman–Crippen MR) is 61.6 cm³/mol. The van der Waals surface area contributed by atoms with Gasteiger partial charge in [-0.3, -0.25) is 9.59 Å². The molecule has 0 bridgehead atoms. The largest absolute Gasteiger partial charge is 0.469 e. The average Bonchev–Trinajstić information content (AvgIpc) is 2.79. The first-order valence-electron chi connectivity index (χ1n) is 6.21. The van der Waals surface area contributed by atoms with E-state index in [4.69, 9.17) is 9.15 Å². The minimum Gasteiger partial charge on any atom is -0.469 e. The van der Waals surface area contributed by atoms with Crippen LogP contribution >= 0.6 is 0 Å². The summed E-state index contributed by atoms with van der Waals surface area (Å²) in [4.78, 5) is 22.8. The Morgan fingerprint density at radius 1 is 1.56 bits per heavy atom. The molecule has 96 valence electrons. The van der Waals surface area contributed by atoms with Crippen LogP contribution in [0.3, 0.4) is 0 Å². The van der Waals surface area contributed by atoms with Gasteiger partial charge in [-0.2, -0.15) is 0 Å². The summed E-state index contributed by atoms with van der Waals surface area (Å²) >= 11 is 0. The van der Waals surface area contributed by atoms with Crippen molar-refractivity contribution in [2.75, 3.05) is 13.2 Å². The van der Waals surface area contributed by atoms with Gasteiger partial charge in [-0.25, -0.2) is 0 Å². The molecule has 2 fully saturated rings. The van der Waals surface area contributed by atoms with Crippen LogP contribution < -0.4 is 5.32 Å². The molecule has 0 spiro atoms. The van der Waals surface area contributed by atoms with Crippen LogP contribution in [0.15, 0.2) is 22.8 Å². The molecule has 1 saturated heterocycles. The van der Waals surface area contributed by atoms with Crippen molar-refractivity contribution in [2.24, 2.45) is 11.8 Å². The smallest absolute Gasteiger partial charge is 0.309 e. The maximum Gasteiger partial charge on any atom is 0.309 e. The zero-order valence-electron chi connectivity index (χ0n) is 9.93. The molecule has 1 aliphatic heterocycles. The second-order valence-electron chi connectivity index (χ2n) is 4.97. The van der Waals surface area contributed by atoms with Gasteiger partial charge in [-0.15, -0.1) is 0 Å². The number of hydrogen-bond donors (Lipinski definition) is 1. The van der Waals surface area contributed by atoms with Gasteiger partial charge in [0.15, 0.2) is 0 Å². The third-order valence-electron chi connectivity index (χ3n) is 3.53. The summed E-state index contributed by atoms with van der Waals surface area (Å²) in [5.74, 6) is 0.959. The maximum absolute atomic E-state index is 11.8. The molecular formula is C13H15NO4. The molecule has 1 saturated carbocycles. The number of furan rings is 1. The molecule has 1 aliphatic carbocycles. The SMILES string of the molecule is O=C1CC(COC(=O)C2CC2c2ccco2)CN1. The van der Waals surface area contributed by atoms with Crippen molar-refractivity contribution in [3.63, 3.8) is 0 Å². The van der Waals surface area contributed by atoms with Crippen LogP contribution in [-0.2, 0) is 14.3 Å². The van der Waals surface area contributed by atoms with Crippen molar-refractivity contribution in [3.05, 3.63) is 24.2 Å². The molecule has 0 aromatic carbocycles. The highest BCUT2D eigenvalue weighted by molar-refractivity contribution is 5.79. The number of rotatable bonds is 4. The first-order chi connectivity index (χ1) is 8.74. The van der Waals surface area contributed by atoms with E-state index in [-0.39, 0.29) is 29.6 Å². The number of hydrogen-bond acceptors (Lipinski definition) is 4. The van der Waals surface area contributed by atoms with Gasteiger partial charge in [0, 0.05) is 24.8 Å². The molecule has 5 heteroatoms. The zero-order valence-corrected chi connectivity index (χ0v) is 9.93. The van der Waals surface area contributed by atoms with Crippen LogP contribution in [-0.4, -0.2) is 25.0 Å². The Morgan fingerprint density at radius 3 is 3.11 bits per heavy atom. The van der Waals surface area contributed by atoms with Gasteiger partial charge in [-0.05, 0) is 18.6 Å². The molecule has 3 unspecified atom stereocenters. The normalized spacial score (nSPS) is 30.0. The summed E-state index contributed by atoms with van der Waals surface area (Å²) in [6.07, 6.45) is 2.87. The zero-order chi connectivity index (χ0) is 12.5. The number of amides is 1. The Morgan fingerprint density at radius 2 is 2.44 bits per heavy atom. The summed E-state index contributed by atoms with van der Waals surface area (Å²) in [6, 6.07) is 3.71. The molecule has 2 aliphatic rings. The van der Waals surface area contributed by atoms with E-state index >= 15 is 0 Å². The second-order valence-corrected chi connectivity index (χ2v) is 4.97. The second kappa shape index (κ2) is 4.48. The molecule has 5 nitrogen and oxygen atoms in total. The minimum absolute atomic E-state index is 0.0379. The van der Waals surface area contributed by atoms with Gasteiger partial charge in [0.05, 0.1) is 18.8 Å². The van der Waals surface area contributed by atoms with Crippen molar-refractivity contribution in [1.82, 2.24) is 5.32 Å². The minimum atomic E-state index is -0.171. The van der Waals surface area contributed by atoms with Crippen LogP contribution in [0, 0.1) is 11.8 Å². The van der Waals surface area contributed by atoms with E-state index in [1.165, 1.54) is 0 Å². The fourth-order valence-corrected chi connectivity index (χ4v) is 2.36. The number of nitrogens with one attached hydrogen (secondary N) is 1. The van der Waals surface area contributed by atoms with Crippen molar-refractivity contribution < 1.29 is 18.7 Å². The van der Waals surface area contributed by atoms with Gasteiger partial charge in [-0.1, -0.05) is 0 Å². The number of carbonyl (C=O) groups excluding carboxylic acids is 2. The van der Waals surface area contributed by atoms with E-state index in [0.29, 0.717) is 19.6 Å². The fourth-order valence-electron chi connectivity index (χ4n) is 2.36. The molecule has 3 rings (SSSR count). The Hall–Kier alpha value is -1.78. The first kappa shape index (κ1) is 11.3. The van der Waals surface area contributed by atoms with E-state index in [1.54, 1.807) is 6.26 Å². The highest BCUT2D eigenvalue weighted by Gasteiger charge is 2.47. The van der Waals surface area contributed by atoms with E-state index in [2.05, 4.69) is 5.32 Å². The summed E-state index contributed by atoms with van der Waals surface area (Å²) in [5.41, 5.74) is 0. The summed E-state index contributed by atoms with van der Waals surface area (Å²) in [5, 5.41) is 2.72. The van der Waals surface area contributed by atoms with E-state index in [9.17, 15) is 9.59 Å². The van der Waals surface area contributed by atoms with Gasteiger partial charge in [0.2, 0.25) is 5.91 Å². The lowest BCUT2D eigenvalue weighted by Crippen LogP contribution is -2.18. The van der Waals surface area contributed by atoms with Crippen molar-refractivity contribution in [2.45, 2.75) is 18.8 Å². The Kier molecular flexibility index (Phi) is 2.81. The Labute approximate surface area is 104 Å². The number of carbonyl (C=O) groups is 2. The van der Waals surface area contributed by atoms with Crippen LogP contribution in [0.2, 0.25) is 0 Å². The molecule has 3 atom stereocenters. The number of esters is 1. The molecule has 2 heterocycles. The molecule has 1 aromatic rings. The summed E-state index contributed by atoms with van der Waals surface area (Å²) in [6.45, 7) is 0.942. The first-order valence-corrected chi connectivity index (χ1v) is 6.21. The lowest BCUT2D eigenvalue weighted by atomic mass is 10.1. The van der Waals surface area contributed by atoms with Gasteiger partial charge in [0.1, 0.15) is 5.76 Å². The highest BCUT2D eigenvalue weighted by atomic mass is 16.5. The molecule has 18 heavy (non-hydrogen) atoms. The van der Waals surface area contributed by atoms with Crippen LogP contribution in [0.5, 0.6) is 0 Å². The lowest BCUT2D eigenvalue weighted by Gasteiger charge is -2.08. The quantitative estimate of drug-likeness (QED) is 0.810. The highest BCUT2D eigenvalue weighted by Crippen LogP contribution is 2.48. The van der Waals surface area contributed by atoms with Gasteiger partial charge in [0.25, 0.3) is 0 Å².